The molecule has 1 aliphatic carbocycles. The summed E-state index contributed by atoms with van der Waals surface area (Å²) in [4.78, 5) is 20.1. The third-order valence-corrected chi connectivity index (χ3v) is 4.22. The fourth-order valence-electron chi connectivity index (χ4n) is 3.19. The fraction of sp³-hybridized carbons (Fsp3) is 0.529. The Morgan fingerprint density at radius 3 is 2.25 bits per heavy atom. The van der Waals surface area contributed by atoms with Gasteiger partial charge in [-0.15, -0.1) is 0 Å². The van der Waals surface area contributed by atoms with Crippen LogP contribution < -0.4 is 5.73 Å². The first-order valence-electron chi connectivity index (χ1n) is 7.58. The number of carboxylic acid groups (broad SMARTS) is 2. The van der Waals surface area contributed by atoms with Crippen LogP contribution >= 0.6 is 0 Å². The molecule has 0 radical (unpaired) electrons. The molecular weight excluding hydrogens is 314 g/mol. The molecule has 1 aromatic carbocycles. The predicted octanol–water partition coefficient (Wildman–Crippen LogP) is 1.59. The fourth-order valence-corrected chi connectivity index (χ4v) is 3.19. The van der Waals surface area contributed by atoms with Crippen LogP contribution in [0.2, 0.25) is 0 Å². The Hall–Kier alpha value is -2.12. The topological polar surface area (TPSA) is 130 Å². The van der Waals surface area contributed by atoms with E-state index < -0.39 is 24.1 Å². The minimum Gasteiger partial charge on any atom is -0.479 e. The quantitative estimate of drug-likeness (QED) is 0.613. The molecule has 1 aliphatic rings. The lowest BCUT2D eigenvalue weighted by Crippen LogP contribution is -2.40. The lowest BCUT2D eigenvalue weighted by Gasteiger charge is -2.18. The molecule has 24 heavy (non-hydrogen) atoms. The summed E-state index contributed by atoms with van der Waals surface area (Å²) >= 11 is 0. The van der Waals surface area contributed by atoms with Crippen LogP contribution in [-0.4, -0.2) is 46.6 Å². The molecule has 0 aliphatic heterocycles. The van der Waals surface area contributed by atoms with E-state index in [-0.39, 0.29) is 0 Å². The maximum absolute atomic E-state index is 10.1. The first kappa shape index (κ1) is 19.9. The number of aliphatic carboxylic acids is 2. The van der Waals surface area contributed by atoms with E-state index in [0.717, 1.165) is 12.8 Å². The van der Waals surface area contributed by atoms with Crippen molar-refractivity contribution in [3.63, 3.8) is 0 Å². The van der Waals surface area contributed by atoms with Gasteiger partial charge in [0.15, 0.2) is 12.2 Å². The van der Waals surface area contributed by atoms with Crippen LogP contribution in [0.5, 0.6) is 0 Å². The Bertz CT molecular complexity index is 613. The Morgan fingerprint density at radius 1 is 1.29 bits per heavy atom. The lowest BCUT2D eigenvalue weighted by molar-refractivity contribution is -0.168. The molecule has 0 amide bonds. The molecule has 0 heterocycles. The highest BCUT2D eigenvalue weighted by molar-refractivity contribution is 5.83. The van der Waals surface area contributed by atoms with E-state index in [0.29, 0.717) is 11.3 Å². The average Bonchev–Trinajstić information content (AvgIpc) is 2.70. The van der Waals surface area contributed by atoms with Gasteiger partial charge in [-0.25, -0.2) is 9.59 Å². The molecule has 3 atom stereocenters. The average molecular weight is 339 g/mol. The molecule has 0 fully saturated rings. The minimum atomic E-state index is -2.03. The molecule has 5 N–H and O–H groups in total. The summed E-state index contributed by atoms with van der Waals surface area (Å²) in [6.45, 7) is 6.87. The van der Waals surface area contributed by atoms with E-state index in [9.17, 15) is 9.59 Å². The predicted molar refractivity (Wildman–Crippen MR) is 89.0 cm³/mol. The number of aliphatic hydroxyl groups is 1. The summed E-state index contributed by atoms with van der Waals surface area (Å²) in [7, 11) is 1.00. The van der Waals surface area contributed by atoms with Crippen LogP contribution in [0, 0.1) is 0 Å². The molecule has 0 bridgehead atoms. The number of fused-ring (bicyclic) bond motifs is 1. The third kappa shape index (κ3) is 4.24. The van der Waals surface area contributed by atoms with Gasteiger partial charge in [0, 0.05) is 12.8 Å². The van der Waals surface area contributed by atoms with Crippen molar-refractivity contribution in [3.8, 4) is 0 Å². The van der Waals surface area contributed by atoms with E-state index in [2.05, 4.69) is 37.6 Å². The summed E-state index contributed by atoms with van der Waals surface area (Å²) in [5.41, 5.74) is 10.1. The number of rotatable bonds is 4. The van der Waals surface area contributed by atoms with Crippen LogP contribution in [0.25, 0.3) is 0 Å². The first-order valence-corrected chi connectivity index (χ1v) is 7.58. The van der Waals surface area contributed by atoms with E-state index in [1.165, 1.54) is 17.5 Å². The van der Waals surface area contributed by atoms with Gasteiger partial charge in [0.05, 0.1) is 0 Å². The van der Waals surface area contributed by atoms with Crippen molar-refractivity contribution in [2.24, 2.45) is 0 Å². The van der Waals surface area contributed by atoms with Crippen LogP contribution in [0.15, 0.2) is 18.2 Å². The van der Waals surface area contributed by atoms with Crippen LogP contribution in [0.3, 0.4) is 0 Å². The van der Waals surface area contributed by atoms with Crippen molar-refractivity contribution in [1.82, 2.24) is 0 Å². The number of hydrogen-bond donors (Lipinski definition) is 4. The van der Waals surface area contributed by atoms with Crippen molar-refractivity contribution in [2.45, 2.75) is 50.7 Å². The number of carbonyl (C=O) groups is 2. The number of anilines is 1. The van der Waals surface area contributed by atoms with Gasteiger partial charge in [0.1, 0.15) is 0 Å². The van der Waals surface area contributed by atoms with Crippen molar-refractivity contribution in [3.05, 3.63) is 29.3 Å². The molecule has 1 aromatic rings. The normalized spacial score (nSPS) is 20.3. The number of carboxylic acids is 2. The highest BCUT2D eigenvalue weighted by atomic mass is 16.5. The molecular formula is C17H25NO6. The number of nitrogens with two attached hydrogens (primary N) is 1. The SMILES string of the molecule is COC(C(=O)O)C(O)C(=O)O.C[C@@H]1CC(C)(C)c2cccc(N)c21. The second-order valence-corrected chi connectivity index (χ2v) is 6.58. The molecule has 2 rings (SSSR count). The van der Waals surface area contributed by atoms with Crippen molar-refractivity contribution < 1.29 is 29.6 Å². The van der Waals surface area contributed by atoms with Crippen molar-refractivity contribution in [2.75, 3.05) is 12.8 Å². The molecule has 0 aromatic heterocycles. The zero-order chi connectivity index (χ0) is 18.7. The van der Waals surface area contributed by atoms with Crippen molar-refractivity contribution >= 4 is 17.6 Å². The number of nitrogen functional groups attached to an aromatic ring is 1. The summed E-state index contributed by atoms with van der Waals surface area (Å²) in [5, 5.41) is 25.0. The van der Waals surface area contributed by atoms with Crippen molar-refractivity contribution in [1.29, 1.82) is 0 Å². The van der Waals surface area contributed by atoms with Crippen LogP contribution in [-0.2, 0) is 19.7 Å². The molecule has 7 nitrogen and oxygen atoms in total. The monoisotopic (exact) mass is 339 g/mol. The second kappa shape index (κ2) is 7.63. The smallest absolute Gasteiger partial charge is 0.336 e. The molecule has 0 saturated heterocycles. The van der Waals surface area contributed by atoms with Gasteiger partial charge in [-0.3, -0.25) is 0 Å². The molecule has 0 saturated carbocycles. The summed E-state index contributed by atoms with van der Waals surface area (Å²) in [6.07, 6.45) is -2.53. The molecule has 2 unspecified atom stereocenters. The maximum atomic E-state index is 10.1. The van der Waals surface area contributed by atoms with Gasteiger partial charge < -0.3 is 25.8 Å². The number of hydrogen-bond acceptors (Lipinski definition) is 5. The molecule has 0 spiro atoms. The number of ether oxygens (including phenoxy) is 1. The zero-order valence-electron chi connectivity index (χ0n) is 14.3. The summed E-state index contributed by atoms with van der Waals surface area (Å²) < 4.78 is 4.20. The van der Waals surface area contributed by atoms with Gasteiger partial charge in [-0.2, -0.15) is 0 Å². The maximum Gasteiger partial charge on any atom is 0.336 e. The second-order valence-electron chi connectivity index (χ2n) is 6.58. The van der Waals surface area contributed by atoms with Gasteiger partial charge >= 0.3 is 11.9 Å². The van der Waals surface area contributed by atoms with Gasteiger partial charge in [-0.1, -0.05) is 32.9 Å². The lowest BCUT2D eigenvalue weighted by atomic mass is 9.86. The molecule has 134 valence electrons. The molecule has 7 heteroatoms. The van der Waals surface area contributed by atoms with E-state index in [1.54, 1.807) is 0 Å². The van der Waals surface area contributed by atoms with Gasteiger partial charge in [0.2, 0.25) is 0 Å². The Kier molecular flexibility index (Phi) is 6.34. The number of methoxy groups -OCH3 is 1. The Balaban J connectivity index is 0.000000245. The Labute approximate surface area is 141 Å². The highest BCUT2D eigenvalue weighted by Crippen LogP contribution is 2.47. The van der Waals surface area contributed by atoms with E-state index in [1.807, 2.05) is 6.07 Å². The van der Waals surface area contributed by atoms with Crippen LogP contribution in [0.1, 0.15) is 44.2 Å². The number of benzene rings is 1. The van der Waals surface area contributed by atoms with E-state index >= 15 is 0 Å². The zero-order valence-corrected chi connectivity index (χ0v) is 14.3. The summed E-state index contributed by atoms with van der Waals surface area (Å²) in [6, 6.07) is 6.29. The largest absolute Gasteiger partial charge is 0.479 e. The van der Waals surface area contributed by atoms with Crippen LogP contribution in [0.4, 0.5) is 5.69 Å². The van der Waals surface area contributed by atoms with Gasteiger partial charge in [0.25, 0.3) is 0 Å². The number of aliphatic hydroxyl groups excluding tert-OH is 1. The summed E-state index contributed by atoms with van der Waals surface area (Å²) in [5.74, 6) is -2.52. The van der Waals surface area contributed by atoms with E-state index in [4.69, 9.17) is 21.1 Å². The third-order valence-electron chi connectivity index (χ3n) is 4.22. The minimum absolute atomic E-state index is 0.310. The highest BCUT2D eigenvalue weighted by Gasteiger charge is 2.35. The standard InChI is InChI=1S/C12H17N.C5H8O6/c1-8-7-12(2,3)9-5-4-6-10(13)11(8)9;1-11-3(5(9)10)2(6)4(7)8/h4-6,8H,7,13H2,1-3H3;2-3,6H,1H3,(H,7,8)(H,9,10)/t8-;/m1./s1. The first-order chi connectivity index (χ1) is 11.0. The Morgan fingerprint density at radius 2 is 1.88 bits per heavy atom. The van der Waals surface area contributed by atoms with Gasteiger partial charge in [-0.05, 0) is 34.9 Å².